The van der Waals surface area contributed by atoms with Crippen LogP contribution in [0.25, 0.3) is 5.69 Å². The molecule has 0 bridgehead atoms. The van der Waals surface area contributed by atoms with Crippen molar-refractivity contribution in [3.05, 3.63) is 42.1 Å². The Morgan fingerprint density at radius 1 is 1.32 bits per heavy atom. The van der Waals surface area contributed by atoms with E-state index in [2.05, 4.69) is 29.6 Å². The third-order valence-electron chi connectivity index (χ3n) is 5.54. The summed E-state index contributed by atoms with van der Waals surface area (Å²) in [5.74, 6) is 1.00. The lowest BCUT2D eigenvalue weighted by Crippen LogP contribution is -2.67. The number of hydrogen-bond donors (Lipinski definition) is 2. The van der Waals surface area contributed by atoms with Crippen LogP contribution in [0, 0.1) is 18.3 Å². The quantitative estimate of drug-likeness (QED) is 0.902. The van der Waals surface area contributed by atoms with E-state index in [9.17, 15) is 4.79 Å². The number of rotatable bonds is 3. The minimum Gasteiger partial charge on any atom is -0.377 e. The molecule has 2 aliphatic rings. The van der Waals surface area contributed by atoms with E-state index >= 15 is 0 Å². The highest BCUT2D eigenvalue weighted by Gasteiger charge is 2.59. The van der Waals surface area contributed by atoms with Gasteiger partial charge in [0.2, 0.25) is 0 Å². The summed E-state index contributed by atoms with van der Waals surface area (Å²) < 4.78 is 7.56. The van der Waals surface area contributed by atoms with Gasteiger partial charge in [-0.2, -0.15) is 0 Å². The van der Waals surface area contributed by atoms with Crippen molar-refractivity contribution >= 4 is 11.8 Å². The van der Waals surface area contributed by atoms with E-state index in [-0.39, 0.29) is 23.6 Å². The smallest absolute Gasteiger partial charge is 0.320 e. The standard InChI is InChI=1S/C19H24N4O2/c1-12-11-23(13-7-5-4-6-8-13)22-17(12)21-18(24)20-15-14-9-10-25-16(14)19(15,2)3/h4-8,11,14-16H,9-10H2,1-3H3,(H2,20,21,22,24)/t14-,15-,16+/m1/s1. The number of aryl methyl sites for hydroxylation is 1. The van der Waals surface area contributed by atoms with E-state index < -0.39 is 0 Å². The van der Waals surface area contributed by atoms with Crippen molar-refractivity contribution < 1.29 is 9.53 Å². The van der Waals surface area contributed by atoms with E-state index in [0.29, 0.717) is 11.7 Å². The molecule has 0 unspecified atom stereocenters. The zero-order chi connectivity index (χ0) is 17.6. The fourth-order valence-corrected chi connectivity index (χ4v) is 4.20. The molecular weight excluding hydrogens is 316 g/mol. The first kappa shape index (κ1) is 16.1. The SMILES string of the molecule is Cc1cn(-c2ccccc2)nc1NC(=O)N[C@@H]1[C@H]2CCO[C@@H]2C1(C)C. The van der Waals surface area contributed by atoms with E-state index in [1.54, 1.807) is 4.68 Å². The van der Waals surface area contributed by atoms with Crippen LogP contribution in [0.15, 0.2) is 36.5 Å². The van der Waals surface area contributed by atoms with Crippen LogP contribution in [0.2, 0.25) is 0 Å². The van der Waals surface area contributed by atoms with Gasteiger partial charge in [0, 0.05) is 35.7 Å². The van der Waals surface area contributed by atoms with Crippen molar-refractivity contribution in [3.63, 3.8) is 0 Å². The number of nitrogens with zero attached hydrogens (tertiary/aromatic N) is 2. The molecule has 132 valence electrons. The number of aromatic nitrogens is 2. The van der Waals surface area contributed by atoms with Crippen LogP contribution in [0.1, 0.15) is 25.8 Å². The summed E-state index contributed by atoms with van der Waals surface area (Å²) in [6.45, 7) is 7.04. The molecule has 6 heteroatoms. The van der Waals surface area contributed by atoms with Gasteiger partial charge in [-0.1, -0.05) is 32.0 Å². The molecule has 4 rings (SSSR count). The molecule has 6 nitrogen and oxygen atoms in total. The molecule has 25 heavy (non-hydrogen) atoms. The first-order valence-electron chi connectivity index (χ1n) is 8.77. The van der Waals surface area contributed by atoms with Crippen molar-refractivity contribution in [1.82, 2.24) is 15.1 Å². The van der Waals surface area contributed by atoms with E-state index in [1.807, 2.05) is 43.5 Å². The molecule has 1 saturated heterocycles. The molecule has 1 aromatic heterocycles. The predicted octanol–water partition coefficient (Wildman–Crippen LogP) is 3.12. The Bertz CT molecular complexity index is 784. The number of ether oxygens (including phenoxy) is 1. The minimum absolute atomic E-state index is 0.0308. The van der Waals surface area contributed by atoms with E-state index in [4.69, 9.17) is 4.74 Å². The number of hydrogen-bond acceptors (Lipinski definition) is 3. The van der Waals surface area contributed by atoms with Gasteiger partial charge in [0.1, 0.15) is 0 Å². The van der Waals surface area contributed by atoms with Crippen LogP contribution in [-0.2, 0) is 4.74 Å². The zero-order valence-electron chi connectivity index (χ0n) is 14.8. The Morgan fingerprint density at radius 2 is 2.08 bits per heavy atom. The summed E-state index contributed by atoms with van der Waals surface area (Å²) in [6.07, 6.45) is 3.19. The lowest BCUT2D eigenvalue weighted by molar-refractivity contribution is -0.107. The van der Waals surface area contributed by atoms with Gasteiger partial charge >= 0.3 is 6.03 Å². The summed E-state index contributed by atoms with van der Waals surface area (Å²) in [6, 6.07) is 9.78. The van der Waals surface area contributed by atoms with Gasteiger partial charge < -0.3 is 10.1 Å². The first-order valence-corrected chi connectivity index (χ1v) is 8.77. The monoisotopic (exact) mass is 340 g/mol. The predicted molar refractivity (Wildman–Crippen MR) is 95.9 cm³/mol. The molecule has 2 aromatic rings. The Labute approximate surface area is 147 Å². The largest absolute Gasteiger partial charge is 0.377 e. The Balaban J connectivity index is 1.44. The highest BCUT2D eigenvalue weighted by atomic mass is 16.5. The number of anilines is 1. The summed E-state index contributed by atoms with van der Waals surface area (Å²) in [5, 5.41) is 10.5. The number of fused-ring (bicyclic) bond motifs is 1. The van der Waals surface area contributed by atoms with Crippen LogP contribution in [0.5, 0.6) is 0 Å². The van der Waals surface area contributed by atoms with Crippen LogP contribution in [0.4, 0.5) is 10.6 Å². The number of carbonyl (C=O) groups excluding carboxylic acids is 1. The highest BCUT2D eigenvalue weighted by molar-refractivity contribution is 5.89. The molecule has 1 aliphatic heterocycles. The summed E-state index contributed by atoms with van der Waals surface area (Å²) in [4.78, 5) is 12.5. The number of carbonyl (C=O) groups is 1. The summed E-state index contributed by atoms with van der Waals surface area (Å²) in [5.41, 5.74) is 1.86. The maximum atomic E-state index is 12.5. The number of benzene rings is 1. The van der Waals surface area contributed by atoms with Crippen molar-refractivity contribution in [2.45, 2.75) is 39.3 Å². The second-order valence-electron chi connectivity index (χ2n) is 7.58. The van der Waals surface area contributed by atoms with E-state index in [0.717, 1.165) is 24.3 Å². The average molecular weight is 340 g/mol. The summed E-state index contributed by atoms with van der Waals surface area (Å²) in [7, 11) is 0. The maximum Gasteiger partial charge on any atom is 0.320 e. The number of urea groups is 1. The van der Waals surface area contributed by atoms with Gasteiger partial charge in [0.15, 0.2) is 5.82 Å². The lowest BCUT2D eigenvalue weighted by atomic mass is 9.57. The van der Waals surface area contributed by atoms with Gasteiger partial charge in [0.05, 0.1) is 11.8 Å². The maximum absolute atomic E-state index is 12.5. The van der Waals surface area contributed by atoms with Crippen LogP contribution >= 0.6 is 0 Å². The first-order chi connectivity index (χ1) is 12.0. The topological polar surface area (TPSA) is 68.2 Å². The van der Waals surface area contributed by atoms with Gasteiger partial charge in [-0.05, 0) is 25.5 Å². The normalized spacial score (nSPS) is 26.6. The van der Waals surface area contributed by atoms with Crippen LogP contribution < -0.4 is 10.6 Å². The fraction of sp³-hybridized carbons (Fsp3) is 0.474. The average Bonchev–Trinajstić information content (AvgIpc) is 3.20. The Hall–Kier alpha value is -2.34. The lowest BCUT2D eigenvalue weighted by Gasteiger charge is -2.54. The van der Waals surface area contributed by atoms with Crippen molar-refractivity contribution in [1.29, 1.82) is 0 Å². The molecule has 0 radical (unpaired) electrons. The molecule has 1 aliphatic carbocycles. The molecule has 1 saturated carbocycles. The van der Waals surface area contributed by atoms with Gasteiger partial charge in [-0.3, -0.25) is 5.32 Å². The second-order valence-corrected chi connectivity index (χ2v) is 7.58. The summed E-state index contributed by atoms with van der Waals surface area (Å²) >= 11 is 0. The molecule has 2 amide bonds. The van der Waals surface area contributed by atoms with Gasteiger partial charge in [-0.15, -0.1) is 5.10 Å². The molecular formula is C19H24N4O2. The minimum atomic E-state index is -0.204. The van der Waals surface area contributed by atoms with Crippen molar-refractivity contribution in [2.75, 3.05) is 11.9 Å². The second kappa shape index (κ2) is 5.88. The third-order valence-corrected chi connectivity index (χ3v) is 5.54. The van der Waals surface area contributed by atoms with Crippen LogP contribution in [0.3, 0.4) is 0 Å². The van der Waals surface area contributed by atoms with Gasteiger partial charge in [0.25, 0.3) is 0 Å². The number of nitrogens with one attached hydrogen (secondary N) is 2. The molecule has 1 aromatic carbocycles. The molecule has 2 fully saturated rings. The van der Waals surface area contributed by atoms with Gasteiger partial charge in [-0.25, -0.2) is 9.48 Å². The van der Waals surface area contributed by atoms with Crippen molar-refractivity contribution in [3.8, 4) is 5.69 Å². The molecule has 2 N–H and O–H groups in total. The fourth-order valence-electron chi connectivity index (χ4n) is 4.20. The number of para-hydroxylation sites is 1. The Kier molecular flexibility index (Phi) is 3.80. The highest BCUT2D eigenvalue weighted by Crippen LogP contribution is 2.52. The number of amides is 2. The zero-order valence-corrected chi connectivity index (χ0v) is 14.8. The van der Waals surface area contributed by atoms with Crippen molar-refractivity contribution in [2.24, 2.45) is 11.3 Å². The molecule has 2 heterocycles. The third kappa shape index (κ3) is 2.70. The van der Waals surface area contributed by atoms with E-state index in [1.165, 1.54) is 0 Å². The Morgan fingerprint density at radius 3 is 2.84 bits per heavy atom. The molecule has 0 spiro atoms. The molecule has 3 atom stereocenters. The van der Waals surface area contributed by atoms with Crippen LogP contribution in [-0.4, -0.2) is 34.6 Å².